The standard InChI is InChI=1S/C17H26FN/c1-3-6-13(2)15(12-19-16-9-10-16)11-14-7-4-5-8-17(14)18/h4-5,7-8,13,15-16,19H,3,6,9-12H2,1-2H3. The molecule has 0 radical (unpaired) electrons. The van der Waals surface area contributed by atoms with Gasteiger partial charge in [-0.15, -0.1) is 0 Å². The van der Waals surface area contributed by atoms with Gasteiger partial charge in [0.2, 0.25) is 0 Å². The van der Waals surface area contributed by atoms with Crippen LogP contribution >= 0.6 is 0 Å². The molecule has 2 unspecified atom stereocenters. The molecule has 2 atom stereocenters. The molecule has 1 aromatic rings. The van der Waals surface area contributed by atoms with Gasteiger partial charge in [0.1, 0.15) is 5.82 Å². The first-order valence-electron chi connectivity index (χ1n) is 7.67. The minimum absolute atomic E-state index is 0.0531. The van der Waals surface area contributed by atoms with E-state index in [2.05, 4.69) is 19.2 Å². The molecule has 19 heavy (non-hydrogen) atoms. The predicted molar refractivity (Wildman–Crippen MR) is 78.7 cm³/mol. The monoisotopic (exact) mass is 263 g/mol. The highest BCUT2D eigenvalue weighted by molar-refractivity contribution is 5.18. The lowest BCUT2D eigenvalue weighted by Gasteiger charge is -2.24. The molecule has 0 amide bonds. The number of halogens is 1. The van der Waals surface area contributed by atoms with Crippen LogP contribution in [0.15, 0.2) is 24.3 Å². The van der Waals surface area contributed by atoms with Crippen LogP contribution in [-0.4, -0.2) is 12.6 Å². The van der Waals surface area contributed by atoms with Gasteiger partial charge in [-0.2, -0.15) is 0 Å². The maximum Gasteiger partial charge on any atom is 0.126 e. The molecule has 106 valence electrons. The summed E-state index contributed by atoms with van der Waals surface area (Å²) in [5.41, 5.74) is 0.869. The Morgan fingerprint density at radius 3 is 2.68 bits per heavy atom. The predicted octanol–water partition coefficient (Wildman–Crippen LogP) is 4.17. The molecule has 0 heterocycles. The van der Waals surface area contributed by atoms with E-state index in [-0.39, 0.29) is 5.82 Å². The van der Waals surface area contributed by atoms with Gasteiger partial charge in [-0.05, 0) is 49.3 Å². The summed E-state index contributed by atoms with van der Waals surface area (Å²) >= 11 is 0. The summed E-state index contributed by atoms with van der Waals surface area (Å²) in [6.45, 7) is 5.56. The molecule has 1 nitrogen and oxygen atoms in total. The van der Waals surface area contributed by atoms with Crippen LogP contribution in [0.3, 0.4) is 0 Å². The Labute approximate surface area is 116 Å². The van der Waals surface area contributed by atoms with Crippen LogP contribution < -0.4 is 5.32 Å². The summed E-state index contributed by atoms with van der Waals surface area (Å²) in [5, 5.41) is 3.61. The van der Waals surface area contributed by atoms with Crippen molar-refractivity contribution in [3.8, 4) is 0 Å². The van der Waals surface area contributed by atoms with Crippen molar-refractivity contribution in [3.63, 3.8) is 0 Å². The Hall–Kier alpha value is -0.890. The van der Waals surface area contributed by atoms with E-state index in [9.17, 15) is 4.39 Å². The summed E-state index contributed by atoms with van der Waals surface area (Å²) in [5.74, 6) is 1.14. The Morgan fingerprint density at radius 1 is 1.32 bits per heavy atom. The first kappa shape index (κ1) is 14.5. The first-order chi connectivity index (χ1) is 9.20. The van der Waals surface area contributed by atoms with Gasteiger partial charge in [0, 0.05) is 6.04 Å². The van der Waals surface area contributed by atoms with Crippen LogP contribution in [0.2, 0.25) is 0 Å². The molecular formula is C17H26FN. The van der Waals surface area contributed by atoms with Crippen molar-refractivity contribution in [3.05, 3.63) is 35.6 Å². The van der Waals surface area contributed by atoms with Gasteiger partial charge in [-0.3, -0.25) is 0 Å². The Bertz CT molecular complexity index is 387. The quantitative estimate of drug-likeness (QED) is 0.742. The molecule has 1 aromatic carbocycles. The Kier molecular flexibility index (Phi) is 5.38. The molecule has 0 aromatic heterocycles. The summed E-state index contributed by atoms with van der Waals surface area (Å²) < 4.78 is 13.8. The van der Waals surface area contributed by atoms with Crippen molar-refractivity contribution in [1.29, 1.82) is 0 Å². The van der Waals surface area contributed by atoms with Gasteiger partial charge in [0.25, 0.3) is 0 Å². The molecule has 1 N–H and O–H groups in total. The van der Waals surface area contributed by atoms with Gasteiger partial charge < -0.3 is 5.32 Å². The normalized spacial score (nSPS) is 18.3. The van der Waals surface area contributed by atoms with Crippen LogP contribution in [0.25, 0.3) is 0 Å². The first-order valence-corrected chi connectivity index (χ1v) is 7.67. The van der Waals surface area contributed by atoms with E-state index < -0.39 is 0 Å². The van der Waals surface area contributed by atoms with Crippen molar-refractivity contribution < 1.29 is 4.39 Å². The molecular weight excluding hydrogens is 237 g/mol. The van der Waals surface area contributed by atoms with E-state index in [1.54, 1.807) is 12.1 Å². The number of hydrogen-bond acceptors (Lipinski definition) is 1. The lowest BCUT2D eigenvalue weighted by Crippen LogP contribution is -2.30. The third kappa shape index (κ3) is 4.61. The second-order valence-electron chi connectivity index (χ2n) is 6.00. The zero-order valence-corrected chi connectivity index (χ0v) is 12.2. The molecule has 1 saturated carbocycles. The van der Waals surface area contributed by atoms with Gasteiger partial charge in [-0.1, -0.05) is 44.9 Å². The topological polar surface area (TPSA) is 12.0 Å². The smallest absolute Gasteiger partial charge is 0.126 e. The lowest BCUT2D eigenvalue weighted by atomic mass is 9.85. The Balaban J connectivity index is 1.96. The van der Waals surface area contributed by atoms with Crippen molar-refractivity contribution in [2.75, 3.05) is 6.54 Å². The van der Waals surface area contributed by atoms with Gasteiger partial charge in [0.05, 0.1) is 0 Å². The average Bonchev–Trinajstić information content (AvgIpc) is 3.21. The summed E-state index contributed by atoms with van der Waals surface area (Å²) in [6, 6.07) is 7.94. The number of rotatable bonds is 8. The van der Waals surface area contributed by atoms with E-state index in [1.165, 1.54) is 25.7 Å². The van der Waals surface area contributed by atoms with Gasteiger partial charge in [0.15, 0.2) is 0 Å². The van der Waals surface area contributed by atoms with Crippen LogP contribution in [0.4, 0.5) is 4.39 Å². The minimum Gasteiger partial charge on any atom is -0.314 e. The molecule has 1 aliphatic carbocycles. The molecule has 0 bridgehead atoms. The van der Waals surface area contributed by atoms with Crippen LogP contribution in [0.1, 0.15) is 45.1 Å². The number of nitrogens with one attached hydrogen (secondary N) is 1. The third-order valence-corrected chi connectivity index (χ3v) is 4.23. The largest absolute Gasteiger partial charge is 0.314 e. The third-order valence-electron chi connectivity index (χ3n) is 4.23. The number of benzene rings is 1. The summed E-state index contributed by atoms with van der Waals surface area (Å²) in [7, 11) is 0. The molecule has 0 saturated heterocycles. The summed E-state index contributed by atoms with van der Waals surface area (Å²) in [6.07, 6.45) is 5.92. The second kappa shape index (κ2) is 7.04. The fraction of sp³-hybridized carbons (Fsp3) is 0.647. The van der Waals surface area contributed by atoms with Crippen molar-refractivity contribution in [2.45, 2.75) is 52.0 Å². The van der Waals surface area contributed by atoms with Crippen LogP contribution in [-0.2, 0) is 6.42 Å². The average molecular weight is 263 g/mol. The minimum atomic E-state index is -0.0531. The molecule has 1 aliphatic rings. The SMILES string of the molecule is CCCC(C)C(CNC1CC1)Cc1ccccc1F. The van der Waals surface area contributed by atoms with Crippen molar-refractivity contribution in [2.24, 2.45) is 11.8 Å². The highest BCUT2D eigenvalue weighted by Gasteiger charge is 2.24. The maximum absolute atomic E-state index is 13.8. The van der Waals surface area contributed by atoms with Crippen molar-refractivity contribution >= 4 is 0 Å². The van der Waals surface area contributed by atoms with E-state index in [0.29, 0.717) is 11.8 Å². The summed E-state index contributed by atoms with van der Waals surface area (Å²) in [4.78, 5) is 0. The fourth-order valence-corrected chi connectivity index (χ4v) is 2.72. The highest BCUT2D eigenvalue weighted by Crippen LogP contribution is 2.25. The molecule has 2 heteroatoms. The van der Waals surface area contributed by atoms with Crippen molar-refractivity contribution in [1.82, 2.24) is 5.32 Å². The fourth-order valence-electron chi connectivity index (χ4n) is 2.72. The highest BCUT2D eigenvalue weighted by atomic mass is 19.1. The van der Waals surface area contributed by atoms with Gasteiger partial charge >= 0.3 is 0 Å². The lowest BCUT2D eigenvalue weighted by molar-refractivity contribution is 0.314. The van der Waals surface area contributed by atoms with Gasteiger partial charge in [-0.25, -0.2) is 4.39 Å². The van der Waals surface area contributed by atoms with E-state index in [1.807, 2.05) is 12.1 Å². The second-order valence-corrected chi connectivity index (χ2v) is 6.00. The molecule has 0 aliphatic heterocycles. The van der Waals surface area contributed by atoms with E-state index in [4.69, 9.17) is 0 Å². The van der Waals surface area contributed by atoms with Crippen LogP contribution in [0.5, 0.6) is 0 Å². The van der Waals surface area contributed by atoms with E-state index in [0.717, 1.165) is 24.6 Å². The zero-order valence-electron chi connectivity index (χ0n) is 12.2. The maximum atomic E-state index is 13.8. The van der Waals surface area contributed by atoms with E-state index >= 15 is 0 Å². The number of hydrogen-bond donors (Lipinski definition) is 1. The molecule has 2 rings (SSSR count). The Morgan fingerprint density at radius 2 is 2.05 bits per heavy atom. The molecule has 0 spiro atoms. The van der Waals surface area contributed by atoms with Crippen LogP contribution in [0, 0.1) is 17.7 Å². The molecule has 1 fully saturated rings. The zero-order chi connectivity index (χ0) is 13.7.